The molecule has 1 heterocycles. The first kappa shape index (κ1) is 24.5. The summed E-state index contributed by atoms with van der Waals surface area (Å²) in [6.45, 7) is 12.8. The maximum atomic E-state index is 12.2. The summed E-state index contributed by atoms with van der Waals surface area (Å²) in [4.78, 5) is 16.8. The molecule has 1 aromatic heterocycles. The zero-order valence-electron chi connectivity index (χ0n) is 20.4. The van der Waals surface area contributed by atoms with Crippen LogP contribution in [0.3, 0.4) is 0 Å². The molecule has 0 fully saturated rings. The second kappa shape index (κ2) is 11.1. The molecule has 0 N–H and O–H groups in total. The summed E-state index contributed by atoms with van der Waals surface area (Å²) in [5, 5.41) is 0. The van der Waals surface area contributed by atoms with Crippen molar-refractivity contribution in [3.63, 3.8) is 0 Å². The van der Waals surface area contributed by atoms with Gasteiger partial charge in [-0.25, -0.2) is 9.78 Å². The number of nitrogens with zero attached hydrogens (tertiary/aromatic N) is 1. The molecule has 6 nitrogen and oxygen atoms in total. The van der Waals surface area contributed by atoms with Crippen LogP contribution >= 0.6 is 0 Å². The van der Waals surface area contributed by atoms with E-state index in [0.29, 0.717) is 32.1 Å². The molecule has 0 radical (unpaired) electrons. The van der Waals surface area contributed by atoms with Gasteiger partial charge in [0, 0.05) is 18.6 Å². The summed E-state index contributed by atoms with van der Waals surface area (Å²) in [6.07, 6.45) is -0.151. The molecule has 0 bridgehead atoms. The van der Waals surface area contributed by atoms with E-state index in [0.717, 1.165) is 33.9 Å². The van der Waals surface area contributed by atoms with Crippen LogP contribution < -0.4 is 4.74 Å². The fraction of sp³-hybridized carbons (Fsp3) is 0.407. The molecule has 0 saturated heterocycles. The van der Waals surface area contributed by atoms with Crippen molar-refractivity contribution in [2.75, 3.05) is 13.2 Å². The summed E-state index contributed by atoms with van der Waals surface area (Å²) in [7, 11) is 0. The molecule has 6 heteroatoms. The van der Waals surface area contributed by atoms with Crippen LogP contribution in [-0.2, 0) is 27.3 Å². The van der Waals surface area contributed by atoms with Crippen molar-refractivity contribution in [2.24, 2.45) is 0 Å². The second-order valence-electron chi connectivity index (χ2n) is 8.18. The Labute approximate surface area is 195 Å². The maximum Gasteiger partial charge on any atom is 0.335 e. The van der Waals surface area contributed by atoms with Gasteiger partial charge in [-0.05, 0) is 76.9 Å². The van der Waals surface area contributed by atoms with Gasteiger partial charge in [-0.1, -0.05) is 23.3 Å². The first-order valence-electron chi connectivity index (χ1n) is 11.4. The van der Waals surface area contributed by atoms with Gasteiger partial charge in [0.05, 0.1) is 6.61 Å². The smallest absolute Gasteiger partial charge is 0.335 e. The highest BCUT2D eigenvalue weighted by Crippen LogP contribution is 2.26. The molecule has 0 aliphatic carbocycles. The van der Waals surface area contributed by atoms with Crippen LogP contribution in [0, 0.1) is 27.7 Å². The number of oxazole rings is 1. The highest BCUT2D eigenvalue weighted by Gasteiger charge is 2.21. The van der Waals surface area contributed by atoms with E-state index < -0.39 is 6.10 Å². The first-order chi connectivity index (χ1) is 15.8. The Hall–Kier alpha value is -3.12. The van der Waals surface area contributed by atoms with Gasteiger partial charge in [-0.3, -0.25) is 0 Å². The molecule has 0 aliphatic heterocycles. The molecule has 0 amide bonds. The van der Waals surface area contributed by atoms with Crippen molar-refractivity contribution >= 4 is 5.97 Å². The lowest BCUT2D eigenvalue weighted by atomic mass is 10.0. The lowest BCUT2D eigenvalue weighted by Gasteiger charge is -2.17. The fourth-order valence-corrected chi connectivity index (χ4v) is 3.77. The Morgan fingerprint density at radius 2 is 1.73 bits per heavy atom. The zero-order chi connectivity index (χ0) is 24.0. The highest BCUT2D eigenvalue weighted by molar-refractivity contribution is 5.75. The van der Waals surface area contributed by atoms with Gasteiger partial charge in [-0.2, -0.15) is 0 Å². The van der Waals surface area contributed by atoms with Crippen molar-refractivity contribution in [1.82, 2.24) is 4.98 Å². The van der Waals surface area contributed by atoms with Crippen LogP contribution in [0.1, 0.15) is 47.6 Å². The van der Waals surface area contributed by atoms with Gasteiger partial charge in [0.25, 0.3) is 0 Å². The third-order valence-corrected chi connectivity index (χ3v) is 5.37. The van der Waals surface area contributed by atoms with Crippen LogP contribution in [-0.4, -0.2) is 30.3 Å². The Balaban J connectivity index is 1.68. The van der Waals surface area contributed by atoms with Gasteiger partial charge in [0.15, 0.2) is 6.10 Å². The summed E-state index contributed by atoms with van der Waals surface area (Å²) >= 11 is 0. The van der Waals surface area contributed by atoms with Crippen LogP contribution in [0.5, 0.6) is 5.75 Å². The Morgan fingerprint density at radius 1 is 1.00 bits per heavy atom. The normalized spacial score (nSPS) is 11.9. The number of carbonyl (C=O) groups is 1. The number of esters is 1. The van der Waals surface area contributed by atoms with Crippen LogP contribution in [0.4, 0.5) is 0 Å². The third-order valence-electron chi connectivity index (χ3n) is 5.37. The van der Waals surface area contributed by atoms with Crippen LogP contribution in [0.25, 0.3) is 11.5 Å². The minimum Gasteiger partial charge on any atom is -0.487 e. The standard InChI is InChI=1S/C27H33NO5/c1-7-30-25(27(29)31-8-2)15-21-9-10-23(14-19(21)5)32-16-24-20(6)33-26(28-24)22-12-17(3)11-18(4)13-22/h9-14,25H,7-8,15-16H2,1-6H3. The van der Waals surface area contributed by atoms with Gasteiger partial charge < -0.3 is 18.6 Å². The minimum atomic E-state index is -0.609. The summed E-state index contributed by atoms with van der Waals surface area (Å²) in [5.74, 6) is 1.74. The molecule has 0 aliphatic rings. The lowest BCUT2D eigenvalue weighted by Crippen LogP contribution is -2.29. The number of ether oxygens (including phenoxy) is 3. The van der Waals surface area contributed by atoms with Gasteiger partial charge >= 0.3 is 5.97 Å². The molecule has 3 aromatic rings. The second-order valence-corrected chi connectivity index (χ2v) is 8.18. The molecule has 176 valence electrons. The third kappa shape index (κ3) is 6.45. The predicted octanol–water partition coefficient (Wildman–Crippen LogP) is 5.66. The predicted molar refractivity (Wildman–Crippen MR) is 127 cm³/mol. The zero-order valence-corrected chi connectivity index (χ0v) is 20.4. The Bertz CT molecular complexity index is 1080. The molecular formula is C27H33NO5. The minimum absolute atomic E-state index is 0.309. The van der Waals surface area contributed by atoms with E-state index in [-0.39, 0.29) is 5.97 Å². The van der Waals surface area contributed by atoms with Crippen molar-refractivity contribution < 1.29 is 23.4 Å². The van der Waals surface area contributed by atoms with E-state index in [9.17, 15) is 4.79 Å². The van der Waals surface area contributed by atoms with Crippen LogP contribution in [0.2, 0.25) is 0 Å². The quantitative estimate of drug-likeness (QED) is 0.370. The molecule has 33 heavy (non-hydrogen) atoms. The summed E-state index contributed by atoms with van der Waals surface area (Å²) in [6, 6.07) is 12.1. The molecule has 3 rings (SSSR count). The molecular weight excluding hydrogens is 418 g/mol. The van der Waals surface area contributed by atoms with Crippen molar-refractivity contribution in [3.8, 4) is 17.2 Å². The topological polar surface area (TPSA) is 70.8 Å². The van der Waals surface area contributed by atoms with Crippen molar-refractivity contribution in [1.29, 1.82) is 0 Å². The van der Waals surface area contributed by atoms with Crippen molar-refractivity contribution in [2.45, 2.75) is 60.7 Å². The number of rotatable bonds is 10. The summed E-state index contributed by atoms with van der Waals surface area (Å²) < 4.78 is 22.6. The van der Waals surface area contributed by atoms with E-state index in [1.165, 1.54) is 11.1 Å². The van der Waals surface area contributed by atoms with Gasteiger partial charge in [0.1, 0.15) is 23.8 Å². The maximum absolute atomic E-state index is 12.2. The number of hydrogen-bond acceptors (Lipinski definition) is 6. The van der Waals surface area contributed by atoms with E-state index in [2.05, 4.69) is 37.0 Å². The fourth-order valence-electron chi connectivity index (χ4n) is 3.77. The lowest BCUT2D eigenvalue weighted by molar-refractivity contribution is -0.156. The highest BCUT2D eigenvalue weighted by atomic mass is 16.6. The van der Waals surface area contributed by atoms with E-state index >= 15 is 0 Å². The molecule has 0 saturated carbocycles. The molecule has 0 spiro atoms. The van der Waals surface area contributed by atoms with E-state index in [1.54, 1.807) is 6.92 Å². The van der Waals surface area contributed by atoms with Gasteiger partial charge in [0.2, 0.25) is 5.89 Å². The molecule has 1 unspecified atom stereocenters. The Morgan fingerprint density at radius 3 is 2.36 bits per heavy atom. The van der Waals surface area contributed by atoms with Gasteiger partial charge in [-0.15, -0.1) is 0 Å². The number of hydrogen-bond donors (Lipinski definition) is 0. The number of aryl methyl sites for hydroxylation is 4. The van der Waals surface area contributed by atoms with Crippen LogP contribution in [0.15, 0.2) is 40.8 Å². The first-order valence-corrected chi connectivity index (χ1v) is 11.4. The number of benzene rings is 2. The monoisotopic (exact) mass is 451 g/mol. The number of carbonyl (C=O) groups excluding carboxylic acids is 1. The van der Waals surface area contributed by atoms with E-state index in [4.69, 9.17) is 18.6 Å². The Kier molecular flexibility index (Phi) is 8.28. The largest absolute Gasteiger partial charge is 0.487 e. The summed E-state index contributed by atoms with van der Waals surface area (Å²) in [5.41, 5.74) is 6.11. The van der Waals surface area contributed by atoms with Crippen molar-refractivity contribution in [3.05, 3.63) is 70.1 Å². The molecule has 1 atom stereocenters. The molecule has 2 aromatic carbocycles. The average molecular weight is 452 g/mol. The SMILES string of the molecule is CCOC(=O)C(Cc1ccc(OCc2nc(-c3cc(C)cc(C)c3)oc2C)cc1C)OCC. The average Bonchev–Trinajstić information content (AvgIpc) is 3.13. The number of aromatic nitrogens is 1. The van der Waals surface area contributed by atoms with E-state index in [1.807, 2.05) is 39.0 Å².